The number of benzene rings is 2. The highest BCUT2D eigenvalue weighted by Gasteiger charge is 2.24. The molecule has 0 aromatic heterocycles. The van der Waals surface area contributed by atoms with Crippen LogP contribution >= 0.6 is 0 Å². The van der Waals surface area contributed by atoms with Crippen LogP contribution in [0.5, 0.6) is 0 Å². The first-order valence-corrected chi connectivity index (χ1v) is 6.85. The van der Waals surface area contributed by atoms with Gasteiger partial charge in [0.15, 0.2) is 0 Å². The average Bonchev–Trinajstić information content (AvgIpc) is 2.60. The molecular weight excluding hydrogens is 248 g/mol. The lowest BCUT2D eigenvalue weighted by atomic mass is 10.1. The first-order valence-electron chi connectivity index (χ1n) is 6.85. The molecule has 0 saturated heterocycles. The number of hydrogen-bond donors (Lipinski definition) is 1. The zero-order valence-corrected chi connectivity index (χ0v) is 11.8. The number of fused-ring (bicyclic) bond motifs is 1. The van der Waals surface area contributed by atoms with E-state index in [4.69, 9.17) is 0 Å². The van der Waals surface area contributed by atoms with Gasteiger partial charge in [-0.15, -0.1) is 0 Å². The molecule has 3 heteroatoms. The number of carbonyl (C=O) groups is 1. The molecule has 0 spiro atoms. The van der Waals surface area contributed by atoms with Gasteiger partial charge < -0.3 is 5.32 Å². The third kappa shape index (κ3) is 2.21. The van der Waals surface area contributed by atoms with Crippen molar-refractivity contribution in [3.05, 3.63) is 59.2 Å². The summed E-state index contributed by atoms with van der Waals surface area (Å²) in [4.78, 5) is 14.3. The largest absolute Gasteiger partial charge is 0.304 e. The Balaban J connectivity index is 2.19. The minimum absolute atomic E-state index is 0.0867. The van der Waals surface area contributed by atoms with Crippen molar-refractivity contribution >= 4 is 17.3 Å². The fraction of sp³-hybridized carbons (Fsp3) is 0.235. The number of carbonyl (C=O) groups excluding carboxylic acids is 1. The van der Waals surface area contributed by atoms with Crippen LogP contribution < -0.4 is 10.2 Å². The van der Waals surface area contributed by atoms with Crippen LogP contribution in [0.3, 0.4) is 0 Å². The molecule has 0 bridgehead atoms. The normalized spacial score (nSPS) is 14.9. The first-order chi connectivity index (χ1) is 9.66. The van der Waals surface area contributed by atoms with Crippen LogP contribution in [0.25, 0.3) is 0 Å². The zero-order valence-electron chi connectivity index (χ0n) is 11.8. The fourth-order valence-corrected chi connectivity index (χ4v) is 2.62. The minimum Gasteiger partial charge on any atom is -0.304 e. The third-order valence-electron chi connectivity index (χ3n) is 3.68. The molecule has 2 aromatic carbocycles. The van der Waals surface area contributed by atoms with E-state index >= 15 is 0 Å². The Labute approximate surface area is 119 Å². The Morgan fingerprint density at radius 1 is 1.00 bits per heavy atom. The monoisotopic (exact) mass is 266 g/mol. The van der Waals surface area contributed by atoms with E-state index in [1.165, 1.54) is 0 Å². The molecule has 1 aliphatic rings. The van der Waals surface area contributed by atoms with Crippen molar-refractivity contribution in [3.8, 4) is 0 Å². The maximum Gasteiger partial charge on any atom is 0.245 e. The van der Waals surface area contributed by atoms with Crippen molar-refractivity contribution in [2.75, 3.05) is 11.4 Å². The zero-order chi connectivity index (χ0) is 14.1. The van der Waals surface area contributed by atoms with Gasteiger partial charge in [0.25, 0.3) is 0 Å². The smallest absolute Gasteiger partial charge is 0.245 e. The van der Waals surface area contributed by atoms with Crippen LogP contribution in [0.4, 0.5) is 11.4 Å². The Hall–Kier alpha value is -2.13. The van der Waals surface area contributed by atoms with Gasteiger partial charge >= 0.3 is 0 Å². The molecule has 0 fully saturated rings. The van der Waals surface area contributed by atoms with Crippen LogP contribution in [0.15, 0.2) is 42.5 Å². The van der Waals surface area contributed by atoms with Gasteiger partial charge in [-0.2, -0.15) is 0 Å². The molecule has 3 rings (SSSR count). The Bertz CT molecular complexity index is 664. The first kappa shape index (κ1) is 12.9. The van der Waals surface area contributed by atoms with E-state index in [9.17, 15) is 4.79 Å². The SMILES string of the molecule is Cc1ccc(C)c(N2C(=O)CNCc3ccccc32)c1. The van der Waals surface area contributed by atoms with E-state index in [0.29, 0.717) is 6.54 Å². The van der Waals surface area contributed by atoms with Crippen molar-refractivity contribution < 1.29 is 4.79 Å². The summed E-state index contributed by atoms with van der Waals surface area (Å²) in [5, 5.41) is 3.20. The summed E-state index contributed by atoms with van der Waals surface area (Å²) < 4.78 is 0. The van der Waals surface area contributed by atoms with Crippen molar-refractivity contribution in [2.45, 2.75) is 20.4 Å². The fourth-order valence-electron chi connectivity index (χ4n) is 2.62. The number of rotatable bonds is 1. The van der Waals surface area contributed by atoms with E-state index in [-0.39, 0.29) is 5.91 Å². The number of aryl methyl sites for hydroxylation is 2. The Kier molecular flexibility index (Phi) is 3.28. The predicted molar refractivity (Wildman–Crippen MR) is 81.2 cm³/mol. The van der Waals surface area contributed by atoms with E-state index in [2.05, 4.69) is 36.5 Å². The quantitative estimate of drug-likeness (QED) is 0.860. The van der Waals surface area contributed by atoms with E-state index in [0.717, 1.165) is 34.6 Å². The number of para-hydroxylation sites is 1. The summed E-state index contributed by atoms with van der Waals surface area (Å²) in [5.74, 6) is 0.0867. The molecule has 1 N–H and O–H groups in total. The molecule has 1 heterocycles. The summed E-state index contributed by atoms with van der Waals surface area (Å²) in [6.45, 7) is 5.18. The summed E-state index contributed by atoms with van der Waals surface area (Å²) >= 11 is 0. The summed E-state index contributed by atoms with van der Waals surface area (Å²) in [5.41, 5.74) is 5.38. The number of nitrogens with one attached hydrogen (secondary N) is 1. The van der Waals surface area contributed by atoms with Crippen molar-refractivity contribution in [2.24, 2.45) is 0 Å². The summed E-state index contributed by atoms with van der Waals surface area (Å²) in [7, 11) is 0. The van der Waals surface area contributed by atoms with Crippen LogP contribution in [0, 0.1) is 13.8 Å². The van der Waals surface area contributed by atoms with Gasteiger partial charge in [0, 0.05) is 6.54 Å². The molecule has 1 aliphatic heterocycles. The predicted octanol–water partition coefficient (Wildman–Crippen LogP) is 3.07. The average molecular weight is 266 g/mol. The van der Waals surface area contributed by atoms with Gasteiger partial charge in [-0.1, -0.05) is 30.3 Å². The molecule has 0 atom stereocenters. The summed E-state index contributed by atoms with van der Waals surface area (Å²) in [6.07, 6.45) is 0. The van der Waals surface area contributed by atoms with E-state index in [1.54, 1.807) is 0 Å². The molecule has 3 nitrogen and oxygen atoms in total. The maximum absolute atomic E-state index is 12.5. The van der Waals surface area contributed by atoms with Crippen molar-refractivity contribution in [1.29, 1.82) is 0 Å². The Morgan fingerprint density at radius 2 is 1.80 bits per heavy atom. The van der Waals surface area contributed by atoms with E-state index < -0.39 is 0 Å². The van der Waals surface area contributed by atoms with Gasteiger partial charge in [-0.05, 0) is 42.7 Å². The molecule has 0 aliphatic carbocycles. The molecule has 20 heavy (non-hydrogen) atoms. The van der Waals surface area contributed by atoms with Crippen LogP contribution in [-0.4, -0.2) is 12.5 Å². The number of amides is 1. The maximum atomic E-state index is 12.5. The lowest BCUT2D eigenvalue weighted by molar-refractivity contribution is -0.117. The standard InChI is InChI=1S/C17H18N2O/c1-12-7-8-13(2)16(9-12)19-15-6-4-3-5-14(15)10-18-11-17(19)20/h3-9,18H,10-11H2,1-2H3. The lowest BCUT2D eigenvalue weighted by Gasteiger charge is -2.25. The number of hydrogen-bond acceptors (Lipinski definition) is 2. The molecule has 0 radical (unpaired) electrons. The van der Waals surface area contributed by atoms with Crippen LogP contribution in [0.1, 0.15) is 16.7 Å². The number of nitrogens with zero attached hydrogens (tertiary/aromatic N) is 1. The minimum atomic E-state index is 0.0867. The van der Waals surface area contributed by atoms with Gasteiger partial charge in [-0.3, -0.25) is 9.69 Å². The van der Waals surface area contributed by atoms with Crippen molar-refractivity contribution in [1.82, 2.24) is 5.32 Å². The molecule has 1 amide bonds. The second-order valence-corrected chi connectivity index (χ2v) is 5.25. The molecule has 0 unspecified atom stereocenters. The highest BCUT2D eigenvalue weighted by Crippen LogP contribution is 2.32. The second-order valence-electron chi connectivity index (χ2n) is 5.25. The van der Waals surface area contributed by atoms with Gasteiger partial charge in [-0.25, -0.2) is 0 Å². The number of anilines is 2. The highest BCUT2D eigenvalue weighted by molar-refractivity contribution is 6.03. The van der Waals surface area contributed by atoms with Crippen molar-refractivity contribution in [3.63, 3.8) is 0 Å². The van der Waals surface area contributed by atoms with Crippen LogP contribution in [-0.2, 0) is 11.3 Å². The summed E-state index contributed by atoms with van der Waals surface area (Å²) in [6, 6.07) is 14.3. The van der Waals surface area contributed by atoms with Gasteiger partial charge in [0.05, 0.1) is 17.9 Å². The Morgan fingerprint density at radius 3 is 2.65 bits per heavy atom. The topological polar surface area (TPSA) is 32.3 Å². The molecule has 102 valence electrons. The van der Waals surface area contributed by atoms with Gasteiger partial charge in [0.2, 0.25) is 5.91 Å². The molecular formula is C17H18N2O. The lowest BCUT2D eigenvalue weighted by Crippen LogP contribution is -2.32. The highest BCUT2D eigenvalue weighted by atomic mass is 16.2. The van der Waals surface area contributed by atoms with E-state index in [1.807, 2.05) is 30.0 Å². The third-order valence-corrected chi connectivity index (χ3v) is 3.68. The second kappa shape index (κ2) is 5.10. The molecule has 2 aromatic rings. The molecule has 0 saturated carbocycles. The van der Waals surface area contributed by atoms with Crippen LogP contribution in [0.2, 0.25) is 0 Å². The van der Waals surface area contributed by atoms with Gasteiger partial charge in [0.1, 0.15) is 0 Å².